The molecule has 140 valence electrons. The predicted octanol–water partition coefficient (Wildman–Crippen LogP) is 2.66. The number of ether oxygens (including phenoxy) is 3. The topological polar surface area (TPSA) is 60.9 Å². The van der Waals surface area contributed by atoms with Crippen LogP contribution < -0.4 is 9.64 Å². The molecule has 1 atom stereocenters. The van der Waals surface area contributed by atoms with E-state index in [9.17, 15) is 18.0 Å². The molecule has 0 aromatic carbocycles. The molecule has 25 heavy (non-hydrogen) atoms. The Labute approximate surface area is 143 Å². The number of methoxy groups -OCH3 is 1. The van der Waals surface area contributed by atoms with Crippen molar-refractivity contribution in [3.05, 3.63) is 17.8 Å². The Morgan fingerprint density at radius 2 is 2.20 bits per heavy atom. The lowest BCUT2D eigenvalue weighted by Crippen LogP contribution is -2.34. The number of pyridine rings is 1. The smallest absolute Gasteiger partial charge is 0.421 e. The zero-order valence-corrected chi connectivity index (χ0v) is 14.1. The highest BCUT2D eigenvalue weighted by molar-refractivity contribution is 5.70. The van der Waals surface area contributed by atoms with Gasteiger partial charge in [-0.1, -0.05) is 0 Å². The fourth-order valence-corrected chi connectivity index (χ4v) is 2.79. The average molecular weight is 362 g/mol. The number of hydrogen-bond acceptors (Lipinski definition) is 6. The van der Waals surface area contributed by atoms with Crippen LogP contribution in [0.4, 0.5) is 18.9 Å². The van der Waals surface area contributed by atoms with Crippen LogP contribution in [0.1, 0.15) is 25.3 Å². The number of carbonyl (C=O) groups is 1. The van der Waals surface area contributed by atoms with E-state index in [4.69, 9.17) is 14.2 Å². The Bertz CT molecular complexity index is 595. The number of nitrogens with zero attached hydrogens (tertiary/aromatic N) is 2. The molecule has 1 aromatic rings. The number of esters is 1. The summed E-state index contributed by atoms with van der Waals surface area (Å²) in [6.45, 7) is 2.62. The molecule has 1 saturated heterocycles. The van der Waals surface area contributed by atoms with E-state index >= 15 is 0 Å². The van der Waals surface area contributed by atoms with Crippen molar-refractivity contribution >= 4 is 11.7 Å². The number of carbonyl (C=O) groups excluding carboxylic acids is 1. The van der Waals surface area contributed by atoms with Crippen molar-refractivity contribution in [3.63, 3.8) is 0 Å². The van der Waals surface area contributed by atoms with Gasteiger partial charge in [-0.15, -0.1) is 0 Å². The van der Waals surface area contributed by atoms with Gasteiger partial charge in [0, 0.05) is 6.54 Å². The molecule has 0 aliphatic carbocycles. The van der Waals surface area contributed by atoms with Crippen LogP contribution in [-0.2, 0) is 20.4 Å². The molecule has 1 fully saturated rings. The van der Waals surface area contributed by atoms with Crippen molar-refractivity contribution in [1.29, 1.82) is 0 Å². The van der Waals surface area contributed by atoms with E-state index in [-0.39, 0.29) is 25.9 Å². The van der Waals surface area contributed by atoms with Gasteiger partial charge in [0.1, 0.15) is 12.2 Å². The van der Waals surface area contributed by atoms with Crippen molar-refractivity contribution in [2.45, 2.75) is 32.0 Å². The molecule has 6 nitrogen and oxygen atoms in total. The summed E-state index contributed by atoms with van der Waals surface area (Å²) in [7, 11) is 1.15. The van der Waals surface area contributed by atoms with Crippen molar-refractivity contribution in [1.82, 2.24) is 4.98 Å². The van der Waals surface area contributed by atoms with Crippen molar-refractivity contribution in [3.8, 4) is 5.88 Å². The number of halogens is 3. The fourth-order valence-electron chi connectivity index (χ4n) is 2.79. The second kappa shape index (κ2) is 8.37. The predicted molar refractivity (Wildman–Crippen MR) is 83.6 cm³/mol. The summed E-state index contributed by atoms with van der Waals surface area (Å²) >= 11 is 0. The van der Waals surface area contributed by atoms with Crippen LogP contribution in [0.15, 0.2) is 12.3 Å². The third-order valence-electron chi connectivity index (χ3n) is 3.88. The van der Waals surface area contributed by atoms with Gasteiger partial charge in [0.05, 0.1) is 38.2 Å². The number of alkyl halides is 3. The van der Waals surface area contributed by atoms with Gasteiger partial charge in [-0.25, -0.2) is 9.78 Å². The second-order valence-electron chi connectivity index (χ2n) is 5.56. The first-order chi connectivity index (χ1) is 11.9. The van der Waals surface area contributed by atoms with Crippen molar-refractivity contribution in [2.24, 2.45) is 0 Å². The zero-order valence-electron chi connectivity index (χ0n) is 14.1. The molecular weight excluding hydrogens is 341 g/mol. The molecule has 0 bridgehead atoms. The van der Waals surface area contributed by atoms with E-state index < -0.39 is 23.6 Å². The molecule has 0 saturated carbocycles. The lowest BCUT2D eigenvalue weighted by Gasteiger charge is -2.27. The maximum Gasteiger partial charge on any atom is 0.421 e. The number of rotatable bonds is 7. The first kappa shape index (κ1) is 19.3. The van der Waals surface area contributed by atoms with Gasteiger partial charge in [-0.3, -0.25) is 0 Å². The van der Waals surface area contributed by atoms with E-state index in [1.807, 2.05) is 4.90 Å². The van der Waals surface area contributed by atoms with E-state index in [0.717, 1.165) is 26.0 Å². The Morgan fingerprint density at radius 3 is 2.84 bits per heavy atom. The maximum absolute atomic E-state index is 13.1. The molecule has 0 amide bonds. The first-order valence-corrected chi connectivity index (χ1v) is 7.98. The molecule has 0 radical (unpaired) electrons. The zero-order chi connectivity index (χ0) is 18.4. The van der Waals surface area contributed by atoms with Crippen LogP contribution >= 0.6 is 0 Å². The highest BCUT2D eigenvalue weighted by atomic mass is 19.4. The van der Waals surface area contributed by atoms with E-state index in [1.165, 1.54) is 6.20 Å². The molecule has 1 aliphatic heterocycles. The van der Waals surface area contributed by atoms with E-state index in [1.54, 1.807) is 6.92 Å². The third-order valence-corrected chi connectivity index (χ3v) is 3.88. The van der Waals surface area contributed by atoms with Crippen LogP contribution in [0.25, 0.3) is 0 Å². The van der Waals surface area contributed by atoms with Gasteiger partial charge in [-0.05, 0) is 25.8 Å². The molecular formula is C16H21F3N2O4. The Hall–Kier alpha value is -2.03. The lowest BCUT2D eigenvalue weighted by molar-refractivity contribution is -0.148. The van der Waals surface area contributed by atoms with Gasteiger partial charge in [-0.2, -0.15) is 13.2 Å². The van der Waals surface area contributed by atoms with Gasteiger partial charge in [0.2, 0.25) is 5.88 Å². The van der Waals surface area contributed by atoms with Gasteiger partial charge in [0.15, 0.2) is 0 Å². The maximum atomic E-state index is 13.1. The molecule has 2 rings (SSSR count). The SMILES string of the molecule is CCOC(=O)COC[C@@H]1CCCN1c1cnc(OC)c(C(F)(F)F)c1. The van der Waals surface area contributed by atoms with Gasteiger partial charge < -0.3 is 19.1 Å². The summed E-state index contributed by atoms with van der Waals surface area (Å²) in [5.41, 5.74) is -0.555. The minimum absolute atomic E-state index is 0.120. The summed E-state index contributed by atoms with van der Waals surface area (Å²) in [6, 6.07) is 0.917. The van der Waals surface area contributed by atoms with E-state index in [0.29, 0.717) is 12.2 Å². The number of anilines is 1. The average Bonchev–Trinajstić information content (AvgIpc) is 3.02. The van der Waals surface area contributed by atoms with Gasteiger partial charge >= 0.3 is 12.1 Å². The lowest BCUT2D eigenvalue weighted by atomic mass is 10.2. The summed E-state index contributed by atoms with van der Waals surface area (Å²) < 4.78 is 54.3. The first-order valence-electron chi connectivity index (χ1n) is 7.98. The highest BCUT2D eigenvalue weighted by Gasteiger charge is 2.37. The molecule has 9 heteroatoms. The molecule has 1 aromatic heterocycles. The molecule has 0 N–H and O–H groups in total. The Morgan fingerprint density at radius 1 is 1.44 bits per heavy atom. The van der Waals surface area contributed by atoms with Crippen LogP contribution in [0.5, 0.6) is 5.88 Å². The monoisotopic (exact) mass is 362 g/mol. The largest absolute Gasteiger partial charge is 0.481 e. The Balaban J connectivity index is 2.07. The third kappa shape index (κ3) is 4.97. The number of hydrogen-bond donors (Lipinski definition) is 0. The van der Waals surface area contributed by atoms with Crippen molar-refractivity contribution in [2.75, 3.05) is 38.4 Å². The second-order valence-corrected chi connectivity index (χ2v) is 5.56. The Kier molecular flexibility index (Phi) is 6.46. The van der Waals surface area contributed by atoms with Crippen LogP contribution in [0.3, 0.4) is 0 Å². The highest BCUT2D eigenvalue weighted by Crippen LogP contribution is 2.38. The molecule has 2 heterocycles. The quantitative estimate of drug-likeness (QED) is 0.695. The fraction of sp³-hybridized carbons (Fsp3) is 0.625. The number of aromatic nitrogens is 1. The normalized spacial score (nSPS) is 17.6. The van der Waals surface area contributed by atoms with Crippen LogP contribution in [-0.4, -0.2) is 50.5 Å². The van der Waals surface area contributed by atoms with E-state index in [2.05, 4.69) is 4.98 Å². The van der Waals surface area contributed by atoms with Crippen LogP contribution in [0.2, 0.25) is 0 Å². The minimum atomic E-state index is -4.55. The standard InChI is InChI=1S/C16H21F3N2O4/c1-3-25-14(22)10-24-9-11-5-4-6-21(11)12-7-13(16(17,18)19)15(23-2)20-8-12/h7-8,11H,3-6,9-10H2,1-2H3/t11-/m0/s1. The molecule has 0 unspecified atom stereocenters. The molecule has 0 spiro atoms. The summed E-state index contributed by atoms with van der Waals surface area (Å²) in [4.78, 5) is 16.9. The van der Waals surface area contributed by atoms with Crippen LogP contribution in [0, 0.1) is 0 Å². The summed E-state index contributed by atoms with van der Waals surface area (Å²) in [5, 5.41) is 0. The molecule has 1 aliphatic rings. The van der Waals surface area contributed by atoms with Crippen molar-refractivity contribution < 1.29 is 32.2 Å². The summed E-state index contributed by atoms with van der Waals surface area (Å²) in [5.74, 6) is -0.914. The summed E-state index contributed by atoms with van der Waals surface area (Å²) in [6.07, 6.45) is -1.61. The van der Waals surface area contributed by atoms with Gasteiger partial charge in [0.25, 0.3) is 0 Å². The minimum Gasteiger partial charge on any atom is -0.481 e.